The standard InChI is InChI=1S/C17H22O6S/c1-2-5-22-17(19)15-10-14(13-3-9-24-12-13)11-16(23-15)21-8-7-20-6-4-18/h2-3,9-10,12,14,16,18H,1,4-8,11H2/t14-,16+/m0/s1. The lowest BCUT2D eigenvalue weighted by Crippen LogP contribution is -2.28. The Bertz CT molecular complexity index is 539. The minimum Gasteiger partial charge on any atom is -0.458 e. The summed E-state index contributed by atoms with van der Waals surface area (Å²) in [6.07, 6.45) is 3.33. The van der Waals surface area contributed by atoms with Crippen LogP contribution in [0, 0.1) is 0 Å². The van der Waals surface area contributed by atoms with Gasteiger partial charge in [-0.1, -0.05) is 12.7 Å². The number of carbonyl (C=O) groups is 1. The zero-order valence-electron chi connectivity index (χ0n) is 13.4. The molecule has 2 heterocycles. The summed E-state index contributed by atoms with van der Waals surface area (Å²) in [6.45, 7) is 4.56. The molecule has 1 aromatic heterocycles. The first-order valence-corrected chi connectivity index (χ1v) is 8.67. The number of aliphatic hydroxyl groups is 1. The molecule has 1 aromatic rings. The van der Waals surface area contributed by atoms with Crippen molar-refractivity contribution in [1.82, 2.24) is 0 Å². The highest BCUT2D eigenvalue weighted by Crippen LogP contribution is 2.32. The van der Waals surface area contributed by atoms with Gasteiger partial charge >= 0.3 is 5.97 Å². The average Bonchev–Trinajstić information content (AvgIpc) is 3.14. The van der Waals surface area contributed by atoms with Crippen LogP contribution in [0.5, 0.6) is 0 Å². The quantitative estimate of drug-likeness (QED) is 0.394. The Labute approximate surface area is 145 Å². The number of allylic oxidation sites excluding steroid dienone is 1. The Morgan fingerprint density at radius 2 is 2.33 bits per heavy atom. The molecule has 1 aliphatic rings. The van der Waals surface area contributed by atoms with E-state index in [2.05, 4.69) is 6.58 Å². The van der Waals surface area contributed by atoms with Gasteiger partial charge in [-0.3, -0.25) is 0 Å². The number of esters is 1. The van der Waals surface area contributed by atoms with Crippen molar-refractivity contribution in [3.8, 4) is 0 Å². The van der Waals surface area contributed by atoms with E-state index < -0.39 is 12.3 Å². The molecule has 1 N–H and O–H groups in total. The van der Waals surface area contributed by atoms with Crippen LogP contribution in [0.2, 0.25) is 0 Å². The first-order chi connectivity index (χ1) is 11.7. The van der Waals surface area contributed by atoms with Crippen LogP contribution in [0.1, 0.15) is 17.9 Å². The number of ether oxygens (including phenoxy) is 4. The minimum absolute atomic E-state index is 0.0256. The highest BCUT2D eigenvalue weighted by molar-refractivity contribution is 7.08. The molecule has 0 saturated heterocycles. The Kier molecular flexibility index (Phi) is 7.97. The van der Waals surface area contributed by atoms with Gasteiger partial charge in [-0.05, 0) is 28.5 Å². The van der Waals surface area contributed by atoms with Crippen molar-refractivity contribution in [2.24, 2.45) is 0 Å². The van der Waals surface area contributed by atoms with E-state index in [1.165, 1.54) is 6.08 Å². The van der Waals surface area contributed by atoms with Crippen LogP contribution < -0.4 is 0 Å². The highest BCUT2D eigenvalue weighted by Gasteiger charge is 2.29. The van der Waals surface area contributed by atoms with E-state index in [1.807, 2.05) is 16.8 Å². The first kappa shape index (κ1) is 18.7. The summed E-state index contributed by atoms with van der Waals surface area (Å²) in [5, 5.41) is 12.7. The molecule has 0 radical (unpaired) electrons. The maximum Gasteiger partial charge on any atom is 0.373 e. The number of thiophene rings is 1. The van der Waals surface area contributed by atoms with E-state index in [0.29, 0.717) is 19.6 Å². The summed E-state index contributed by atoms with van der Waals surface area (Å²) in [7, 11) is 0. The van der Waals surface area contributed by atoms with Crippen molar-refractivity contribution in [3.05, 3.63) is 46.9 Å². The zero-order valence-corrected chi connectivity index (χ0v) is 14.2. The van der Waals surface area contributed by atoms with Crippen LogP contribution in [0.3, 0.4) is 0 Å². The minimum atomic E-state index is -0.552. The lowest BCUT2D eigenvalue weighted by Gasteiger charge is -2.28. The molecule has 0 bridgehead atoms. The van der Waals surface area contributed by atoms with Gasteiger partial charge in [0.2, 0.25) is 12.0 Å². The first-order valence-electron chi connectivity index (χ1n) is 7.73. The van der Waals surface area contributed by atoms with Crippen molar-refractivity contribution in [2.75, 3.05) is 33.0 Å². The third kappa shape index (κ3) is 5.76. The van der Waals surface area contributed by atoms with Gasteiger partial charge in [-0.2, -0.15) is 11.3 Å². The second kappa shape index (κ2) is 10.2. The van der Waals surface area contributed by atoms with Gasteiger partial charge in [0.15, 0.2) is 0 Å². The maximum absolute atomic E-state index is 12.1. The predicted molar refractivity (Wildman–Crippen MR) is 89.6 cm³/mol. The molecule has 0 aliphatic carbocycles. The lowest BCUT2D eigenvalue weighted by molar-refractivity contribution is -0.163. The monoisotopic (exact) mass is 354 g/mol. The molecule has 0 fully saturated rings. The average molecular weight is 354 g/mol. The summed E-state index contributed by atoms with van der Waals surface area (Å²) in [6, 6.07) is 2.02. The normalized spacial score (nSPS) is 20.1. The van der Waals surface area contributed by atoms with Gasteiger partial charge in [-0.15, -0.1) is 0 Å². The Morgan fingerprint density at radius 3 is 3.04 bits per heavy atom. The summed E-state index contributed by atoms with van der Waals surface area (Å²) in [4.78, 5) is 12.1. The van der Waals surface area contributed by atoms with Crippen LogP contribution in [-0.2, 0) is 23.7 Å². The molecule has 132 valence electrons. The van der Waals surface area contributed by atoms with Gasteiger partial charge in [0.05, 0.1) is 26.4 Å². The number of carbonyl (C=O) groups excluding carboxylic acids is 1. The topological polar surface area (TPSA) is 74.2 Å². The fourth-order valence-corrected chi connectivity index (χ4v) is 2.96. The third-order valence-corrected chi connectivity index (χ3v) is 4.03. The van der Waals surface area contributed by atoms with Crippen molar-refractivity contribution in [1.29, 1.82) is 0 Å². The van der Waals surface area contributed by atoms with E-state index in [9.17, 15) is 4.79 Å². The Hall–Kier alpha value is -1.67. The van der Waals surface area contributed by atoms with E-state index in [-0.39, 0.29) is 31.5 Å². The van der Waals surface area contributed by atoms with Crippen LogP contribution in [-0.4, -0.2) is 50.4 Å². The molecular weight excluding hydrogens is 332 g/mol. The molecule has 24 heavy (non-hydrogen) atoms. The van der Waals surface area contributed by atoms with Crippen molar-refractivity contribution in [2.45, 2.75) is 18.6 Å². The molecule has 0 spiro atoms. The Balaban J connectivity index is 1.97. The SMILES string of the molecule is C=CCOC(=O)C1=C[C@H](c2ccsc2)C[C@H](OCCOCCO)O1. The fraction of sp³-hybridized carbons (Fsp3) is 0.471. The van der Waals surface area contributed by atoms with Crippen LogP contribution >= 0.6 is 11.3 Å². The van der Waals surface area contributed by atoms with Crippen molar-refractivity contribution < 1.29 is 28.8 Å². The molecule has 0 unspecified atom stereocenters. The smallest absolute Gasteiger partial charge is 0.373 e. The van der Waals surface area contributed by atoms with Crippen molar-refractivity contribution in [3.63, 3.8) is 0 Å². The number of hydrogen-bond acceptors (Lipinski definition) is 7. The van der Waals surface area contributed by atoms with Gasteiger partial charge < -0.3 is 24.1 Å². The van der Waals surface area contributed by atoms with Gasteiger partial charge in [0.25, 0.3) is 0 Å². The lowest BCUT2D eigenvalue weighted by atomic mass is 9.95. The number of hydrogen-bond donors (Lipinski definition) is 1. The van der Waals surface area contributed by atoms with E-state index >= 15 is 0 Å². The summed E-state index contributed by atoms with van der Waals surface area (Å²) >= 11 is 1.60. The second-order valence-electron chi connectivity index (χ2n) is 5.07. The molecule has 0 aromatic carbocycles. The second-order valence-corrected chi connectivity index (χ2v) is 5.85. The van der Waals surface area contributed by atoms with E-state index in [4.69, 9.17) is 24.1 Å². The molecular formula is C17H22O6S. The fourth-order valence-electron chi connectivity index (χ4n) is 2.23. The predicted octanol–water partition coefficient (Wildman–Crippen LogP) is 2.22. The molecule has 1 aliphatic heterocycles. The Morgan fingerprint density at radius 1 is 1.46 bits per heavy atom. The summed E-state index contributed by atoms with van der Waals surface area (Å²) in [5.74, 6) is -0.347. The molecule has 7 heteroatoms. The molecule has 2 rings (SSSR count). The van der Waals surface area contributed by atoms with Gasteiger partial charge in [-0.25, -0.2) is 4.79 Å². The van der Waals surface area contributed by atoms with Crippen LogP contribution in [0.15, 0.2) is 41.3 Å². The van der Waals surface area contributed by atoms with E-state index in [0.717, 1.165) is 5.56 Å². The molecule has 0 saturated carbocycles. The van der Waals surface area contributed by atoms with Crippen LogP contribution in [0.4, 0.5) is 0 Å². The number of aliphatic hydroxyl groups excluding tert-OH is 1. The van der Waals surface area contributed by atoms with Gasteiger partial charge in [0, 0.05) is 12.3 Å². The largest absolute Gasteiger partial charge is 0.458 e. The third-order valence-electron chi connectivity index (χ3n) is 3.33. The van der Waals surface area contributed by atoms with Crippen LogP contribution in [0.25, 0.3) is 0 Å². The van der Waals surface area contributed by atoms with Gasteiger partial charge in [0.1, 0.15) is 6.61 Å². The molecule has 6 nitrogen and oxygen atoms in total. The number of rotatable bonds is 10. The summed E-state index contributed by atoms with van der Waals surface area (Å²) < 4.78 is 21.5. The molecule has 2 atom stereocenters. The maximum atomic E-state index is 12.1. The zero-order chi connectivity index (χ0) is 17.2. The van der Waals surface area contributed by atoms with Crippen molar-refractivity contribution >= 4 is 17.3 Å². The van der Waals surface area contributed by atoms with E-state index in [1.54, 1.807) is 17.4 Å². The molecule has 0 amide bonds. The highest BCUT2D eigenvalue weighted by atomic mass is 32.1. The summed E-state index contributed by atoms with van der Waals surface area (Å²) in [5.41, 5.74) is 1.11.